The van der Waals surface area contributed by atoms with Crippen molar-refractivity contribution in [1.82, 2.24) is 0 Å². The summed E-state index contributed by atoms with van der Waals surface area (Å²) in [4.78, 5) is 25.6. The van der Waals surface area contributed by atoms with E-state index in [4.69, 9.17) is 9.47 Å². The zero-order valence-electron chi connectivity index (χ0n) is 18.5. The van der Waals surface area contributed by atoms with Crippen LogP contribution in [0.2, 0.25) is 0 Å². The average molecular weight is 411 g/mol. The molecule has 0 fully saturated rings. The van der Waals surface area contributed by atoms with Crippen LogP contribution < -0.4 is 0 Å². The van der Waals surface area contributed by atoms with Crippen LogP contribution in [0.3, 0.4) is 0 Å². The summed E-state index contributed by atoms with van der Waals surface area (Å²) in [5.41, 5.74) is 8.58. The molecule has 0 aromatic heterocycles. The van der Waals surface area contributed by atoms with Crippen molar-refractivity contribution >= 4 is 11.9 Å². The van der Waals surface area contributed by atoms with Gasteiger partial charge < -0.3 is 9.47 Å². The second kappa shape index (κ2) is 10.1. The van der Waals surface area contributed by atoms with Crippen LogP contribution in [0.15, 0.2) is 57.7 Å². The first-order valence-electron chi connectivity index (χ1n) is 11.3. The first-order valence-corrected chi connectivity index (χ1v) is 11.3. The molecule has 0 bridgehead atoms. The highest BCUT2D eigenvalue weighted by Crippen LogP contribution is 2.46. The van der Waals surface area contributed by atoms with Gasteiger partial charge in [0.25, 0.3) is 0 Å². The van der Waals surface area contributed by atoms with Gasteiger partial charge >= 0.3 is 11.9 Å². The number of unbranched alkanes of at least 4 members (excludes halogenated alkanes) is 2. The van der Waals surface area contributed by atoms with Gasteiger partial charge in [-0.25, -0.2) is 9.59 Å². The minimum atomic E-state index is -0.362. The van der Waals surface area contributed by atoms with Crippen LogP contribution in [-0.4, -0.2) is 25.2 Å². The Morgan fingerprint density at radius 3 is 1.40 bits per heavy atom. The minimum absolute atomic E-state index is 0.362. The molecule has 30 heavy (non-hydrogen) atoms. The molecule has 4 heteroatoms. The van der Waals surface area contributed by atoms with E-state index in [1.807, 2.05) is 0 Å². The third-order valence-corrected chi connectivity index (χ3v) is 6.31. The zero-order valence-corrected chi connectivity index (χ0v) is 18.5. The fourth-order valence-corrected chi connectivity index (χ4v) is 4.35. The largest absolute Gasteiger partial charge is 0.462 e. The number of hydrogen-bond acceptors (Lipinski definition) is 4. The van der Waals surface area contributed by atoms with E-state index in [1.165, 1.54) is 22.3 Å². The fourth-order valence-electron chi connectivity index (χ4n) is 4.35. The predicted molar refractivity (Wildman–Crippen MR) is 119 cm³/mol. The average Bonchev–Trinajstić information content (AvgIpc) is 2.72. The van der Waals surface area contributed by atoms with Crippen LogP contribution in [0.5, 0.6) is 0 Å². The summed E-state index contributed by atoms with van der Waals surface area (Å²) in [5.74, 6) is -0.725. The zero-order chi connectivity index (χ0) is 21.7. The maximum absolute atomic E-state index is 12.8. The fraction of sp³-hybridized carbons (Fsp3) is 0.538. The van der Waals surface area contributed by atoms with Gasteiger partial charge in [-0.15, -0.1) is 0 Å². The molecule has 0 saturated heterocycles. The highest BCUT2D eigenvalue weighted by atomic mass is 16.5. The monoisotopic (exact) mass is 410 g/mol. The number of carbonyl (C=O) groups excluding carboxylic acids is 2. The van der Waals surface area contributed by atoms with Crippen molar-refractivity contribution in [3.63, 3.8) is 0 Å². The molecule has 0 aromatic carbocycles. The topological polar surface area (TPSA) is 52.6 Å². The molecule has 0 spiro atoms. The van der Waals surface area contributed by atoms with Gasteiger partial charge in [-0.1, -0.05) is 62.1 Å². The van der Waals surface area contributed by atoms with Crippen molar-refractivity contribution in [3.05, 3.63) is 57.7 Å². The first kappa shape index (κ1) is 22.3. The van der Waals surface area contributed by atoms with Crippen molar-refractivity contribution in [2.24, 2.45) is 0 Å². The van der Waals surface area contributed by atoms with Crippen molar-refractivity contribution in [3.8, 4) is 0 Å². The van der Waals surface area contributed by atoms with Crippen molar-refractivity contribution in [2.45, 2.75) is 78.1 Å². The molecule has 162 valence electrons. The molecule has 0 N–H and O–H groups in total. The van der Waals surface area contributed by atoms with E-state index in [0.29, 0.717) is 37.2 Å². The van der Waals surface area contributed by atoms with Crippen LogP contribution in [0.1, 0.15) is 78.1 Å². The molecule has 0 heterocycles. The summed E-state index contributed by atoms with van der Waals surface area (Å²) in [6.07, 6.45) is 8.01. The molecule has 0 unspecified atom stereocenters. The van der Waals surface area contributed by atoms with Crippen LogP contribution in [0.4, 0.5) is 0 Å². The Balaban J connectivity index is 1.80. The summed E-state index contributed by atoms with van der Waals surface area (Å²) in [6, 6.07) is 0. The molecule has 0 atom stereocenters. The summed E-state index contributed by atoms with van der Waals surface area (Å²) in [7, 11) is 0. The maximum atomic E-state index is 12.8. The van der Waals surface area contributed by atoms with Gasteiger partial charge in [0.15, 0.2) is 0 Å². The van der Waals surface area contributed by atoms with Gasteiger partial charge in [-0.2, -0.15) is 0 Å². The third-order valence-electron chi connectivity index (χ3n) is 6.31. The predicted octanol–water partition coefficient (Wildman–Crippen LogP) is 6.06. The van der Waals surface area contributed by atoms with E-state index >= 15 is 0 Å². The second-order valence-electron chi connectivity index (χ2n) is 8.62. The molecule has 3 aliphatic rings. The molecular formula is C26H34O4. The summed E-state index contributed by atoms with van der Waals surface area (Å²) < 4.78 is 11.0. The van der Waals surface area contributed by atoms with Crippen molar-refractivity contribution in [1.29, 1.82) is 0 Å². The lowest BCUT2D eigenvalue weighted by molar-refractivity contribution is -0.142. The molecular weight excluding hydrogens is 376 g/mol. The number of rotatable bonds is 8. The lowest BCUT2D eigenvalue weighted by Crippen LogP contribution is -2.24. The Morgan fingerprint density at radius 1 is 0.667 bits per heavy atom. The van der Waals surface area contributed by atoms with Crippen LogP contribution in [0, 0.1) is 0 Å². The number of ether oxygens (including phenoxy) is 2. The number of hydrogen-bond donors (Lipinski definition) is 0. The van der Waals surface area contributed by atoms with Gasteiger partial charge in [0.1, 0.15) is 0 Å². The molecule has 0 aromatic rings. The molecule has 0 saturated carbocycles. The Hall–Kier alpha value is -2.36. The molecule has 4 nitrogen and oxygen atoms in total. The minimum Gasteiger partial charge on any atom is -0.462 e. The van der Waals surface area contributed by atoms with Gasteiger partial charge in [0.2, 0.25) is 0 Å². The maximum Gasteiger partial charge on any atom is 0.334 e. The van der Waals surface area contributed by atoms with Gasteiger partial charge in [0, 0.05) is 12.8 Å². The molecule has 3 aliphatic carbocycles. The molecule has 3 rings (SSSR count). The summed E-state index contributed by atoms with van der Waals surface area (Å²) in [5, 5.41) is 0. The van der Waals surface area contributed by atoms with E-state index in [1.54, 1.807) is 0 Å². The highest BCUT2D eigenvalue weighted by molar-refractivity contribution is 6.01. The Labute approximate surface area is 180 Å². The van der Waals surface area contributed by atoms with E-state index in [0.717, 1.165) is 62.5 Å². The van der Waals surface area contributed by atoms with Gasteiger partial charge in [0.05, 0.1) is 24.4 Å². The van der Waals surface area contributed by atoms with E-state index in [2.05, 4.69) is 27.0 Å². The molecule has 0 radical (unpaired) electrons. The normalized spacial score (nSPS) is 19.0. The third kappa shape index (κ3) is 5.03. The summed E-state index contributed by atoms with van der Waals surface area (Å²) in [6.45, 7) is 13.2. The SMILES string of the molecule is C=C1CC2=C(CC1=C)CC1=C(C2)CC(C(=O)OCCCC)=C(C(=O)OCCCC)C1. The smallest absolute Gasteiger partial charge is 0.334 e. The van der Waals surface area contributed by atoms with Gasteiger partial charge in [-0.3, -0.25) is 0 Å². The van der Waals surface area contributed by atoms with Crippen molar-refractivity contribution in [2.75, 3.05) is 13.2 Å². The Kier molecular flexibility index (Phi) is 7.52. The molecule has 0 amide bonds. The van der Waals surface area contributed by atoms with Crippen LogP contribution in [-0.2, 0) is 19.1 Å². The standard InChI is InChI=1S/C26H34O4/c1-5-7-9-29-25(27)23-15-21-13-19-11-17(3)18(4)12-20(19)14-22(21)16-24(23)26(28)30-10-8-6-2/h3-16H2,1-2H3. The Morgan fingerprint density at radius 2 is 1.03 bits per heavy atom. The van der Waals surface area contributed by atoms with E-state index < -0.39 is 0 Å². The number of carbonyl (C=O) groups is 2. The second-order valence-corrected chi connectivity index (χ2v) is 8.62. The Bertz CT molecular complexity index is 782. The van der Waals surface area contributed by atoms with Crippen LogP contribution >= 0.6 is 0 Å². The number of esters is 2. The quantitative estimate of drug-likeness (QED) is 0.277. The van der Waals surface area contributed by atoms with Crippen molar-refractivity contribution < 1.29 is 19.1 Å². The first-order chi connectivity index (χ1) is 14.4. The van der Waals surface area contributed by atoms with Gasteiger partial charge in [-0.05, 0) is 49.7 Å². The lowest BCUT2D eigenvalue weighted by Gasteiger charge is -2.34. The van der Waals surface area contributed by atoms with E-state index in [9.17, 15) is 9.59 Å². The summed E-state index contributed by atoms with van der Waals surface area (Å²) >= 11 is 0. The highest BCUT2D eigenvalue weighted by Gasteiger charge is 2.34. The number of allylic oxidation sites excluding steroid dienone is 6. The molecule has 0 aliphatic heterocycles. The van der Waals surface area contributed by atoms with E-state index in [-0.39, 0.29) is 11.9 Å². The lowest BCUT2D eigenvalue weighted by atomic mass is 9.71. The van der Waals surface area contributed by atoms with Crippen LogP contribution in [0.25, 0.3) is 0 Å².